The zero-order valence-electron chi connectivity index (χ0n) is 15.1. The maximum absolute atomic E-state index is 12.9. The highest BCUT2D eigenvalue weighted by molar-refractivity contribution is 7.89. The summed E-state index contributed by atoms with van der Waals surface area (Å²) in [6, 6.07) is 6.33. The van der Waals surface area contributed by atoms with Gasteiger partial charge < -0.3 is 10.6 Å². The van der Waals surface area contributed by atoms with Crippen molar-refractivity contribution < 1.29 is 13.2 Å². The van der Waals surface area contributed by atoms with E-state index in [0.29, 0.717) is 37.0 Å². The molecule has 1 amide bonds. The molecule has 1 aromatic rings. The second-order valence-electron chi connectivity index (χ2n) is 7.34. The molecule has 3 N–H and O–H groups in total. The minimum absolute atomic E-state index is 0. The number of amides is 1. The molecule has 1 heterocycles. The number of halogens is 1. The second kappa shape index (κ2) is 8.69. The number of hydrogen-bond acceptors (Lipinski definition) is 4. The minimum atomic E-state index is -3.58. The number of piperidine rings is 1. The van der Waals surface area contributed by atoms with Gasteiger partial charge in [0.25, 0.3) is 5.91 Å². The SMILES string of the molecule is CC1CCN(C(=O)c2cccc(S(=O)(=O)NCC3CC3)c2)C(CN)C1.Cl. The third-order valence-corrected chi connectivity index (χ3v) is 6.58. The summed E-state index contributed by atoms with van der Waals surface area (Å²) < 4.78 is 27.5. The fourth-order valence-corrected chi connectivity index (χ4v) is 4.50. The number of carbonyl (C=O) groups is 1. The van der Waals surface area contributed by atoms with Gasteiger partial charge in [-0.15, -0.1) is 12.4 Å². The Labute approximate surface area is 162 Å². The van der Waals surface area contributed by atoms with Gasteiger partial charge in [-0.25, -0.2) is 13.1 Å². The molecule has 1 saturated heterocycles. The van der Waals surface area contributed by atoms with Crippen LogP contribution < -0.4 is 10.5 Å². The summed E-state index contributed by atoms with van der Waals surface area (Å²) in [6.45, 7) is 3.73. The lowest BCUT2D eigenvalue weighted by Crippen LogP contribution is -2.49. The molecule has 0 bridgehead atoms. The molecule has 1 saturated carbocycles. The summed E-state index contributed by atoms with van der Waals surface area (Å²) in [7, 11) is -3.58. The molecule has 26 heavy (non-hydrogen) atoms. The Morgan fingerprint density at radius 2 is 2.04 bits per heavy atom. The van der Waals surface area contributed by atoms with Crippen LogP contribution in [-0.4, -0.2) is 44.9 Å². The van der Waals surface area contributed by atoms with E-state index < -0.39 is 10.0 Å². The lowest BCUT2D eigenvalue weighted by atomic mass is 9.92. The van der Waals surface area contributed by atoms with Crippen LogP contribution in [-0.2, 0) is 10.0 Å². The van der Waals surface area contributed by atoms with Crippen LogP contribution >= 0.6 is 12.4 Å². The Kier molecular flexibility index (Phi) is 7.07. The largest absolute Gasteiger partial charge is 0.334 e. The maximum Gasteiger partial charge on any atom is 0.254 e. The van der Waals surface area contributed by atoms with Gasteiger partial charge in [-0.05, 0) is 55.7 Å². The Hall–Kier alpha value is -1.15. The summed E-state index contributed by atoms with van der Waals surface area (Å²) in [6.07, 6.45) is 4.00. The van der Waals surface area contributed by atoms with Crippen LogP contribution in [0.5, 0.6) is 0 Å². The van der Waals surface area contributed by atoms with Crippen molar-refractivity contribution in [2.75, 3.05) is 19.6 Å². The molecule has 0 aromatic heterocycles. The lowest BCUT2D eigenvalue weighted by molar-refractivity contribution is 0.0573. The van der Waals surface area contributed by atoms with E-state index >= 15 is 0 Å². The van der Waals surface area contributed by atoms with Gasteiger partial charge >= 0.3 is 0 Å². The van der Waals surface area contributed by atoms with Crippen LogP contribution in [0.3, 0.4) is 0 Å². The summed E-state index contributed by atoms with van der Waals surface area (Å²) in [4.78, 5) is 14.8. The Bertz CT molecular complexity index is 737. The summed E-state index contributed by atoms with van der Waals surface area (Å²) in [5.41, 5.74) is 6.25. The summed E-state index contributed by atoms with van der Waals surface area (Å²) in [5, 5.41) is 0. The van der Waals surface area contributed by atoms with Crippen molar-refractivity contribution in [3.05, 3.63) is 29.8 Å². The van der Waals surface area contributed by atoms with Crippen molar-refractivity contribution in [2.45, 2.75) is 43.5 Å². The number of nitrogens with two attached hydrogens (primary N) is 1. The van der Waals surface area contributed by atoms with E-state index in [-0.39, 0.29) is 29.3 Å². The van der Waals surface area contributed by atoms with Gasteiger partial charge in [-0.3, -0.25) is 4.79 Å². The van der Waals surface area contributed by atoms with Gasteiger partial charge in [0, 0.05) is 31.2 Å². The third-order valence-electron chi connectivity index (χ3n) is 5.16. The molecule has 1 aliphatic heterocycles. The topological polar surface area (TPSA) is 92.5 Å². The molecule has 146 valence electrons. The first-order chi connectivity index (χ1) is 11.9. The van der Waals surface area contributed by atoms with Gasteiger partial charge in [0.2, 0.25) is 10.0 Å². The monoisotopic (exact) mass is 401 g/mol. The molecule has 2 fully saturated rings. The minimum Gasteiger partial charge on any atom is -0.334 e. The van der Waals surface area contributed by atoms with Crippen molar-refractivity contribution in [2.24, 2.45) is 17.6 Å². The van der Waals surface area contributed by atoms with Crippen molar-refractivity contribution in [1.82, 2.24) is 9.62 Å². The number of rotatable bonds is 6. The molecular weight excluding hydrogens is 374 g/mol. The molecule has 1 aromatic carbocycles. The average Bonchev–Trinajstić information content (AvgIpc) is 3.44. The van der Waals surface area contributed by atoms with Crippen molar-refractivity contribution >= 4 is 28.3 Å². The van der Waals surface area contributed by atoms with Gasteiger partial charge in [0.05, 0.1) is 4.90 Å². The van der Waals surface area contributed by atoms with Crippen molar-refractivity contribution in [3.8, 4) is 0 Å². The Morgan fingerprint density at radius 3 is 2.69 bits per heavy atom. The van der Waals surface area contributed by atoms with Gasteiger partial charge in [0.1, 0.15) is 0 Å². The molecule has 2 aliphatic rings. The van der Waals surface area contributed by atoms with Gasteiger partial charge in [-0.1, -0.05) is 13.0 Å². The molecule has 0 radical (unpaired) electrons. The second-order valence-corrected chi connectivity index (χ2v) is 9.11. The van der Waals surface area contributed by atoms with Crippen LogP contribution in [0.15, 0.2) is 29.2 Å². The fourth-order valence-electron chi connectivity index (χ4n) is 3.34. The van der Waals surface area contributed by atoms with E-state index in [4.69, 9.17) is 5.73 Å². The van der Waals surface area contributed by atoms with E-state index in [2.05, 4.69) is 11.6 Å². The Morgan fingerprint density at radius 1 is 1.31 bits per heavy atom. The smallest absolute Gasteiger partial charge is 0.254 e. The van der Waals surface area contributed by atoms with Crippen LogP contribution in [0.1, 0.15) is 43.0 Å². The molecule has 6 nitrogen and oxygen atoms in total. The molecule has 2 unspecified atom stereocenters. The van der Waals surface area contributed by atoms with E-state index in [1.54, 1.807) is 17.0 Å². The molecular formula is C18H28ClN3O3S. The third kappa shape index (κ3) is 4.97. The first kappa shape index (κ1) is 21.2. The normalized spacial score (nSPS) is 23.4. The standard InChI is InChI=1S/C18H27N3O3S.ClH/c1-13-7-8-21(16(9-13)11-19)18(22)15-3-2-4-17(10-15)25(23,24)20-12-14-5-6-14;/h2-4,10,13-14,16,20H,5-9,11-12,19H2,1H3;1H. The average molecular weight is 402 g/mol. The predicted octanol–water partition coefficient (Wildman–Crippen LogP) is 2.00. The number of sulfonamides is 1. The number of likely N-dealkylation sites (tertiary alicyclic amines) is 1. The van der Waals surface area contributed by atoms with E-state index in [0.717, 1.165) is 25.7 Å². The quantitative estimate of drug-likeness (QED) is 0.762. The first-order valence-corrected chi connectivity index (χ1v) is 10.5. The number of carbonyl (C=O) groups excluding carboxylic acids is 1. The molecule has 8 heteroatoms. The van der Waals surface area contributed by atoms with E-state index in [1.165, 1.54) is 12.1 Å². The highest BCUT2D eigenvalue weighted by Crippen LogP contribution is 2.28. The zero-order valence-corrected chi connectivity index (χ0v) is 16.7. The van der Waals surface area contributed by atoms with Gasteiger partial charge in [0.15, 0.2) is 0 Å². The lowest BCUT2D eigenvalue weighted by Gasteiger charge is -2.38. The number of nitrogens with one attached hydrogen (secondary N) is 1. The van der Waals surface area contributed by atoms with E-state index in [1.807, 2.05) is 0 Å². The molecule has 1 aliphatic carbocycles. The summed E-state index contributed by atoms with van der Waals surface area (Å²) >= 11 is 0. The number of nitrogens with zero attached hydrogens (tertiary/aromatic N) is 1. The number of hydrogen-bond donors (Lipinski definition) is 2. The van der Waals surface area contributed by atoms with Gasteiger partial charge in [-0.2, -0.15) is 0 Å². The van der Waals surface area contributed by atoms with Crippen LogP contribution in [0.25, 0.3) is 0 Å². The molecule has 2 atom stereocenters. The van der Waals surface area contributed by atoms with Crippen molar-refractivity contribution in [1.29, 1.82) is 0 Å². The highest BCUT2D eigenvalue weighted by atomic mass is 35.5. The van der Waals surface area contributed by atoms with Crippen LogP contribution in [0.2, 0.25) is 0 Å². The van der Waals surface area contributed by atoms with Crippen LogP contribution in [0.4, 0.5) is 0 Å². The highest BCUT2D eigenvalue weighted by Gasteiger charge is 2.30. The molecule has 0 spiro atoms. The summed E-state index contributed by atoms with van der Waals surface area (Å²) in [5.74, 6) is 0.873. The van der Waals surface area contributed by atoms with E-state index in [9.17, 15) is 13.2 Å². The Balaban J connectivity index is 0.00000243. The first-order valence-electron chi connectivity index (χ1n) is 9.01. The zero-order chi connectivity index (χ0) is 18.0. The predicted molar refractivity (Wildman–Crippen MR) is 104 cm³/mol. The molecule has 3 rings (SSSR count). The fraction of sp³-hybridized carbons (Fsp3) is 0.611. The van der Waals surface area contributed by atoms with Crippen LogP contribution in [0, 0.1) is 11.8 Å². The number of benzene rings is 1. The maximum atomic E-state index is 12.9. The van der Waals surface area contributed by atoms with Crippen molar-refractivity contribution in [3.63, 3.8) is 0 Å².